The lowest BCUT2D eigenvalue weighted by molar-refractivity contribution is 0.0741. The highest BCUT2D eigenvalue weighted by molar-refractivity contribution is 7.91. The quantitative estimate of drug-likeness (QED) is 0.803. The first-order valence-corrected chi connectivity index (χ1v) is 10.5. The summed E-state index contributed by atoms with van der Waals surface area (Å²) in [6.45, 7) is 2.42. The van der Waals surface area contributed by atoms with Crippen LogP contribution in [0.25, 0.3) is 0 Å². The van der Waals surface area contributed by atoms with E-state index in [0.29, 0.717) is 24.5 Å². The zero-order valence-corrected chi connectivity index (χ0v) is 16.1. The molecule has 1 amide bonds. The summed E-state index contributed by atoms with van der Waals surface area (Å²) in [4.78, 5) is 22.6. The van der Waals surface area contributed by atoms with Crippen molar-refractivity contribution in [3.63, 3.8) is 0 Å². The first-order chi connectivity index (χ1) is 12.9. The molecule has 0 saturated carbocycles. The van der Waals surface area contributed by atoms with Crippen molar-refractivity contribution in [1.29, 1.82) is 0 Å². The third kappa shape index (κ3) is 4.54. The molecule has 1 aromatic carbocycles. The normalized spacial score (nSPS) is 18.1. The SMILES string of the molecule is CCOc1ccccc1Nc1nccc(C(=O)N(C)C2CCS(=O)(=O)C2)n1. The number of carbonyl (C=O) groups is 1. The van der Waals surface area contributed by atoms with Gasteiger partial charge in [-0.2, -0.15) is 0 Å². The van der Waals surface area contributed by atoms with Crippen molar-refractivity contribution in [2.75, 3.05) is 30.5 Å². The van der Waals surface area contributed by atoms with E-state index in [0.717, 1.165) is 0 Å². The number of sulfone groups is 1. The van der Waals surface area contributed by atoms with Crippen molar-refractivity contribution >= 4 is 27.4 Å². The van der Waals surface area contributed by atoms with Crippen LogP contribution in [0.1, 0.15) is 23.8 Å². The van der Waals surface area contributed by atoms with Gasteiger partial charge in [0.05, 0.1) is 23.8 Å². The molecule has 2 heterocycles. The summed E-state index contributed by atoms with van der Waals surface area (Å²) in [7, 11) is -1.46. The molecule has 1 atom stereocenters. The summed E-state index contributed by atoms with van der Waals surface area (Å²) in [6, 6.07) is 8.57. The lowest BCUT2D eigenvalue weighted by Crippen LogP contribution is -2.38. The van der Waals surface area contributed by atoms with Crippen molar-refractivity contribution < 1.29 is 17.9 Å². The minimum Gasteiger partial charge on any atom is -0.492 e. The minimum atomic E-state index is -3.07. The van der Waals surface area contributed by atoms with E-state index in [1.807, 2.05) is 31.2 Å². The molecular weight excluding hydrogens is 368 g/mol. The lowest BCUT2D eigenvalue weighted by atomic mass is 10.2. The van der Waals surface area contributed by atoms with Gasteiger partial charge in [-0.25, -0.2) is 18.4 Å². The second-order valence-electron chi connectivity index (χ2n) is 6.29. The zero-order valence-electron chi connectivity index (χ0n) is 15.3. The van der Waals surface area contributed by atoms with E-state index in [9.17, 15) is 13.2 Å². The summed E-state index contributed by atoms with van der Waals surface area (Å²) in [5.74, 6) is 0.697. The van der Waals surface area contributed by atoms with Gasteiger partial charge in [0.25, 0.3) is 5.91 Å². The second kappa shape index (κ2) is 7.91. The fourth-order valence-corrected chi connectivity index (χ4v) is 4.71. The molecular formula is C18H22N4O4S. The third-order valence-electron chi connectivity index (χ3n) is 4.38. The van der Waals surface area contributed by atoms with E-state index in [-0.39, 0.29) is 35.1 Å². The number of nitrogens with one attached hydrogen (secondary N) is 1. The highest BCUT2D eigenvalue weighted by Gasteiger charge is 2.33. The molecule has 1 fully saturated rings. The molecule has 0 bridgehead atoms. The Balaban J connectivity index is 1.77. The number of para-hydroxylation sites is 2. The molecule has 8 nitrogen and oxygen atoms in total. The maximum Gasteiger partial charge on any atom is 0.272 e. The first kappa shape index (κ1) is 19.1. The number of hydrogen-bond acceptors (Lipinski definition) is 7. The van der Waals surface area contributed by atoms with E-state index in [2.05, 4.69) is 15.3 Å². The van der Waals surface area contributed by atoms with Crippen LogP contribution in [0, 0.1) is 0 Å². The molecule has 1 N–H and O–H groups in total. The summed E-state index contributed by atoms with van der Waals surface area (Å²) in [6.07, 6.45) is 1.94. The Bertz CT molecular complexity index is 932. The van der Waals surface area contributed by atoms with Crippen LogP contribution in [0.4, 0.5) is 11.6 Å². The highest BCUT2D eigenvalue weighted by Crippen LogP contribution is 2.26. The van der Waals surface area contributed by atoms with Crippen molar-refractivity contribution in [3.8, 4) is 5.75 Å². The fraction of sp³-hybridized carbons (Fsp3) is 0.389. The van der Waals surface area contributed by atoms with Gasteiger partial charge >= 0.3 is 0 Å². The van der Waals surface area contributed by atoms with E-state index in [4.69, 9.17) is 4.74 Å². The van der Waals surface area contributed by atoms with Crippen LogP contribution in [0.2, 0.25) is 0 Å². The standard InChI is InChI=1S/C18H22N4O4S/c1-3-26-16-7-5-4-6-14(16)20-18-19-10-8-15(21-18)17(23)22(2)13-9-11-27(24,25)12-13/h4-8,10,13H,3,9,11-12H2,1-2H3,(H,19,20,21). The third-order valence-corrected chi connectivity index (χ3v) is 6.13. The maximum atomic E-state index is 12.7. The largest absolute Gasteiger partial charge is 0.492 e. The number of ether oxygens (including phenoxy) is 1. The second-order valence-corrected chi connectivity index (χ2v) is 8.52. The van der Waals surface area contributed by atoms with Gasteiger partial charge in [-0.15, -0.1) is 0 Å². The predicted octanol–water partition coefficient (Wildman–Crippen LogP) is 1.88. The van der Waals surface area contributed by atoms with Crippen LogP contribution in [-0.2, 0) is 9.84 Å². The molecule has 27 heavy (non-hydrogen) atoms. The van der Waals surface area contributed by atoms with Gasteiger partial charge in [0.2, 0.25) is 5.95 Å². The molecule has 0 radical (unpaired) electrons. The minimum absolute atomic E-state index is 0.00678. The van der Waals surface area contributed by atoms with Gasteiger partial charge in [-0.05, 0) is 31.5 Å². The first-order valence-electron chi connectivity index (χ1n) is 8.69. The Morgan fingerprint density at radius 1 is 1.33 bits per heavy atom. The Kier molecular flexibility index (Phi) is 5.59. The van der Waals surface area contributed by atoms with Crippen LogP contribution in [0.3, 0.4) is 0 Å². The van der Waals surface area contributed by atoms with Crippen molar-refractivity contribution in [3.05, 3.63) is 42.2 Å². The predicted molar refractivity (Wildman–Crippen MR) is 102 cm³/mol. The number of hydrogen-bond donors (Lipinski definition) is 1. The number of benzene rings is 1. The Hall–Kier alpha value is -2.68. The molecule has 1 saturated heterocycles. The number of nitrogens with zero attached hydrogens (tertiary/aromatic N) is 3. The number of aromatic nitrogens is 2. The molecule has 9 heteroatoms. The summed E-state index contributed by atoms with van der Waals surface area (Å²) in [5, 5.41) is 3.06. The summed E-state index contributed by atoms with van der Waals surface area (Å²) < 4.78 is 28.9. The molecule has 2 aromatic rings. The van der Waals surface area contributed by atoms with Crippen molar-refractivity contribution in [1.82, 2.24) is 14.9 Å². The van der Waals surface area contributed by atoms with Crippen LogP contribution in [-0.4, -0.2) is 60.4 Å². The molecule has 0 aliphatic carbocycles. The van der Waals surface area contributed by atoms with E-state index in [1.165, 1.54) is 17.2 Å². The van der Waals surface area contributed by atoms with Crippen LogP contribution < -0.4 is 10.1 Å². The molecule has 1 aliphatic rings. The topological polar surface area (TPSA) is 101 Å². The molecule has 144 valence electrons. The van der Waals surface area contributed by atoms with Crippen molar-refractivity contribution in [2.45, 2.75) is 19.4 Å². The van der Waals surface area contributed by atoms with Gasteiger partial charge in [0, 0.05) is 19.3 Å². The average molecular weight is 390 g/mol. The van der Waals surface area contributed by atoms with Gasteiger partial charge in [0.1, 0.15) is 11.4 Å². The molecule has 1 aromatic heterocycles. The van der Waals surface area contributed by atoms with Crippen LogP contribution >= 0.6 is 0 Å². The maximum absolute atomic E-state index is 12.7. The molecule has 3 rings (SSSR count). The van der Waals surface area contributed by atoms with Gasteiger partial charge < -0.3 is 15.0 Å². The fourth-order valence-electron chi connectivity index (χ4n) is 2.94. The monoisotopic (exact) mass is 390 g/mol. The Labute approximate surface area is 158 Å². The number of rotatable bonds is 6. The molecule has 1 unspecified atom stereocenters. The molecule has 0 spiro atoms. The average Bonchev–Trinajstić information content (AvgIpc) is 3.02. The van der Waals surface area contributed by atoms with E-state index < -0.39 is 9.84 Å². The zero-order chi connectivity index (χ0) is 19.4. The highest BCUT2D eigenvalue weighted by atomic mass is 32.2. The van der Waals surface area contributed by atoms with Crippen LogP contribution in [0.15, 0.2) is 36.5 Å². The van der Waals surface area contributed by atoms with Gasteiger partial charge in [-0.1, -0.05) is 12.1 Å². The Morgan fingerprint density at radius 2 is 2.11 bits per heavy atom. The van der Waals surface area contributed by atoms with Gasteiger partial charge in [-0.3, -0.25) is 4.79 Å². The number of carbonyl (C=O) groups excluding carboxylic acids is 1. The summed E-state index contributed by atoms with van der Waals surface area (Å²) in [5.41, 5.74) is 0.896. The van der Waals surface area contributed by atoms with Crippen LogP contribution in [0.5, 0.6) is 5.75 Å². The number of amides is 1. The molecule has 1 aliphatic heterocycles. The summed E-state index contributed by atoms with van der Waals surface area (Å²) >= 11 is 0. The smallest absolute Gasteiger partial charge is 0.272 e. The van der Waals surface area contributed by atoms with Crippen molar-refractivity contribution in [2.24, 2.45) is 0 Å². The van der Waals surface area contributed by atoms with E-state index >= 15 is 0 Å². The van der Waals surface area contributed by atoms with Gasteiger partial charge in [0.15, 0.2) is 9.84 Å². The van der Waals surface area contributed by atoms with E-state index in [1.54, 1.807) is 7.05 Å². The Morgan fingerprint density at radius 3 is 2.81 bits per heavy atom. The number of anilines is 2. The lowest BCUT2D eigenvalue weighted by Gasteiger charge is -2.23.